The van der Waals surface area contributed by atoms with Crippen LogP contribution in [0.5, 0.6) is 0 Å². The van der Waals surface area contributed by atoms with Crippen LogP contribution >= 0.6 is 0 Å². The van der Waals surface area contributed by atoms with Gasteiger partial charge in [0.2, 0.25) is 0 Å². The molecule has 0 aromatic heterocycles. The van der Waals surface area contributed by atoms with Crippen molar-refractivity contribution < 1.29 is 14.7 Å². The lowest BCUT2D eigenvalue weighted by Gasteiger charge is -2.04. The van der Waals surface area contributed by atoms with Crippen molar-refractivity contribution in [2.75, 3.05) is 0 Å². The molecule has 0 aliphatic rings. The maximum Gasteiger partial charge on any atom is 0.320 e. The van der Waals surface area contributed by atoms with Crippen LogP contribution in [0.25, 0.3) is 0 Å². The maximum atomic E-state index is 11.2. The van der Waals surface area contributed by atoms with E-state index in [1.54, 1.807) is 0 Å². The average molecular weight is 201 g/mol. The molecule has 4 heteroatoms. The molecule has 3 N–H and O–H groups in total. The lowest BCUT2D eigenvalue weighted by atomic mass is 10.1. The van der Waals surface area contributed by atoms with Crippen molar-refractivity contribution in [3.05, 3.63) is 0 Å². The van der Waals surface area contributed by atoms with Gasteiger partial charge in [-0.25, -0.2) is 0 Å². The summed E-state index contributed by atoms with van der Waals surface area (Å²) in [5.41, 5.74) is 5.29. The van der Waals surface area contributed by atoms with Crippen molar-refractivity contribution in [2.45, 2.75) is 51.5 Å². The second-order valence-electron chi connectivity index (χ2n) is 3.48. The molecule has 0 heterocycles. The molecule has 0 radical (unpaired) electrons. The number of carbonyl (C=O) groups excluding carboxylic acids is 1. The first-order chi connectivity index (χ1) is 6.57. The van der Waals surface area contributed by atoms with E-state index < -0.39 is 12.0 Å². The van der Waals surface area contributed by atoms with E-state index in [-0.39, 0.29) is 5.78 Å². The molecule has 0 saturated heterocycles. The van der Waals surface area contributed by atoms with E-state index in [1.165, 1.54) is 0 Å². The smallest absolute Gasteiger partial charge is 0.320 e. The lowest BCUT2D eigenvalue weighted by Crippen LogP contribution is -2.29. The number of hydrogen-bond donors (Lipinski definition) is 2. The molecule has 0 aromatic rings. The van der Waals surface area contributed by atoms with Gasteiger partial charge in [-0.1, -0.05) is 13.3 Å². The normalized spacial score (nSPS) is 12.4. The average Bonchev–Trinajstić information content (AvgIpc) is 2.14. The zero-order valence-electron chi connectivity index (χ0n) is 8.66. The Kier molecular flexibility index (Phi) is 7.02. The first-order valence-corrected chi connectivity index (χ1v) is 5.08. The summed E-state index contributed by atoms with van der Waals surface area (Å²) in [5.74, 6) is -0.782. The van der Waals surface area contributed by atoms with E-state index in [2.05, 4.69) is 0 Å². The maximum absolute atomic E-state index is 11.2. The van der Waals surface area contributed by atoms with E-state index in [0.717, 1.165) is 12.8 Å². The predicted octanol–water partition coefficient (Wildman–Crippen LogP) is 1.33. The van der Waals surface area contributed by atoms with Crippen LogP contribution in [0.3, 0.4) is 0 Å². The molecule has 0 saturated carbocycles. The Hall–Kier alpha value is -0.900. The molecule has 14 heavy (non-hydrogen) atoms. The summed E-state index contributed by atoms with van der Waals surface area (Å²) >= 11 is 0. The number of rotatable bonds is 8. The Bertz CT molecular complexity index is 192. The molecule has 82 valence electrons. The minimum atomic E-state index is -0.994. The Labute approximate surface area is 84.5 Å². The molecule has 4 nitrogen and oxygen atoms in total. The van der Waals surface area contributed by atoms with Gasteiger partial charge in [0.05, 0.1) is 0 Å². The van der Waals surface area contributed by atoms with Gasteiger partial charge in [0, 0.05) is 12.8 Å². The van der Waals surface area contributed by atoms with Crippen LogP contribution in [0.1, 0.15) is 45.4 Å². The van der Waals surface area contributed by atoms with Gasteiger partial charge < -0.3 is 10.8 Å². The number of unbranched alkanes of at least 4 members (excludes halogenated alkanes) is 1. The van der Waals surface area contributed by atoms with Crippen molar-refractivity contribution in [3.63, 3.8) is 0 Å². The van der Waals surface area contributed by atoms with E-state index >= 15 is 0 Å². The van der Waals surface area contributed by atoms with Crippen LogP contribution < -0.4 is 5.73 Å². The fraction of sp³-hybridized carbons (Fsp3) is 0.800. The van der Waals surface area contributed by atoms with Crippen LogP contribution in [0.4, 0.5) is 0 Å². The quantitative estimate of drug-likeness (QED) is 0.620. The molecule has 0 aromatic carbocycles. The van der Waals surface area contributed by atoms with Crippen LogP contribution in [0, 0.1) is 0 Å². The van der Waals surface area contributed by atoms with Gasteiger partial charge in [0.1, 0.15) is 11.8 Å². The summed E-state index contributed by atoms with van der Waals surface area (Å²) < 4.78 is 0. The lowest BCUT2D eigenvalue weighted by molar-refractivity contribution is -0.138. The first-order valence-electron chi connectivity index (χ1n) is 5.08. The van der Waals surface area contributed by atoms with E-state index in [4.69, 9.17) is 10.8 Å². The van der Waals surface area contributed by atoms with Gasteiger partial charge in [0.15, 0.2) is 0 Å². The zero-order valence-corrected chi connectivity index (χ0v) is 8.66. The Balaban J connectivity index is 3.44. The van der Waals surface area contributed by atoms with Crippen molar-refractivity contribution in [1.82, 2.24) is 0 Å². The summed E-state index contributed by atoms with van der Waals surface area (Å²) in [4.78, 5) is 21.5. The number of Topliss-reactive ketones (excluding diaryl/α,β-unsaturated/α-hetero) is 1. The SMILES string of the molecule is CCCCC(=O)CCC[C@H](N)C(=O)O. The fourth-order valence-corrected chi connectivity index (χ4v) is 1.14. The molecular formula is C10H19NO3. The third kappa shape index (κ3) is 6.60. The molecule has 0 fully saturated rings. The minimum absolute atomic E-state index is 0.212. The Morgan fingerprint density at radius 3 is 2.36 bits per heavy atom. The van der Waals surface area contributed by atoms with Gasteiger partial charge >= 0.3 is 5.97 Å². The highest BCUT2D eigenvalue weighted by Gasteiger charge is 2.11. The second kappa shape index (κ2) is 7.50. The van der Waals surface area contributed by atoms with E-state index in [0.29, 0.717) is 25.7 Å². The largest absolute Gasteiger partial charge is 0.480 e. The number of carbonyl (C=O) groups is 2. The van der Waals surface area contributed by atoms with Crippen molar-refractivity contribution in [1.29, 1.82) is 0 Å². The predicted molar refractivity (Wildman–Crippen MR) is 54.0 cm³/mol. The third-order valence-corrected chi connectivity index (χ3v) is 2.10. The van der Waals surface area contributed by atoms with Gasteiger partial charge in [0.25, 0.3) is 0 Å². The molecule has 0 amide bonds. The molecule has 0 aliphatic heterocycles. The van der Waals surface area contributed by atoms with Crippen LogP contribution in [0.15, 0.2) is 0 Å². The highest BCUT2D eigenvalue weighted by atomic mass is 16.4. The standard InChI is InChI=1S/C10H19NO3/c1-2-3-5-8(12)6-4-7-9(11)10(13)14/h9H,2-7,11H2,1H3,(H,13,14)/t9-/m0/s1. The second-order valence-corrected chi connectivity index (χ2v) is 3.48. The van der Waals surface area contributed by atoms with Gasteiger partial charge in [-0.05, 0) is 19.3 Å². The number of hydrogen-bond acceptors (Lipinski definition) is 3. The first kappa shape index (κ1) is 13.1. The third-order valence-electron chi connectivity index (χ3n) is 2.10. The molecular weight excluding hydrogens is 182 g/mol. The van der Waals surface area contributed by atoms with Crippen LogP contribution in [-0.2, 0) is 9.59 Å². The molecule has 0 aliphatic carbocycles. The van der Waals surface area contributed by atoms with Crippen molar-refractivity contribution in [2.24, 2.45) is 5.73 Å². The number of nitrogens with two attached hydrogens (primary N) is 1. The molecule has 1 atom stereocenters. The van der Waals surface area contributed by atoms with E-state index in [9.17, 15) is 9.59 Å². The van der Waals surface area contributed by atoms with Gasteiger partial charge in [-0.2, -0.15) is 0 Å². The zero-order chi connectivity index (χ0) is 11.0. The Morgan fingerprint density at radius 2 is 1.86 bits per heavy atom. The van der Waals surface area contributed by atoms with Crippen LogP contribution in [-0.4, -0.2) is 22.9 Å². The summed E-state index contributed by atoms with van der Waals surface area (Å²) in [6, 6.07) is -0.825. The Morgan fingerprint density at radius 1 is 1.29 bits per heavy atom. The molecule has 0 spiro atoms. The number of ketones is 1. The molecule has 0 rings (SSSR count). The number of aliphatic carboxylic acids is 1. The fourth-order valence-electron chi connectivity index (χ4n) is 1.14. The summed E-state index contributed by atoms with van der Waals surface area (Å²) in [6.07, 6.45) is 3.97. The topological polar surface area (TPSA) is 80.4 Å². The minimum Gasteiger partial charge on any atom is -0.480 e. The number of carboxylic acid groups (broad SMARTS) is 1. The molecule has 0 unspecified atom stereocenters. The summed E-state index contributed by atoms with van der Waals surface area (Å²) in [7, 11) is 0. The number of carboxylic acids is 1. The summed E-state index contributed by atoms with van der Waals surface area (Å²) in [6.45, 7) is 2.04. The van der Waals surface area contributed by atoms with Crippen molar-refractivity contribution >= 4 is 11.8 Å². The highest BCUT2D eigenvalue weighted by molar-refractivity contribution is 5.78. The van der Waals surface area contributed by atoms with Crippen molar-refractivity contribution in [3.8, 4) is 0 Å². The monoisotopic (exact) mass is 201 g/mol. The van der Waals surface area contributed by atoms with Gasteiger partial charge in [-0.15, -0.1) is 0 Å². The van der Waals surface area contributed by atoms with E-state index in [1.807, 2.05) is 6.92 Å². The molecule has 0 bridgehead atoms. The summed E-state index contributed by atoms with van der Waals surface area (Å²) in [5, 5.41) is 8.48. The van der Waals surface area contributed by atoms with Crippen LogP contribution in [0.2, 0.25) is 0 Å². The highest BCUT2D eigenvalue weighted by Crippen LogP contribution is 2.04. The van der Waals surface area contributed by atoms with Gasteiger partial charge in [-0.3, -0.25) is 9.59 Å².